The molecular formula is C16H34N2O. The Morgan fingerprint density at radius 3 is 2.37 bits per heavy atom. The van der Waals surface area contributed by atoms with E-state index >= 15 is 0 Å². The van der Waals surface area contributed by atoms with Crippen LogP contribution in [0.25, 0.3) is 0 Å². The molecule has 0 aromatic heterocycles. The van der Waals surface area contributed by atoms with E-state index in [9.17, 15) is 0 Å². The van der Waals surface area contributed by atoms with E-state index in [1.165, 1.54) is 12.8 Å². The molecule has 0 aromatic carbocycles. The van der Waals surface area contributed by atoms with Gasteiger partial charge in [0, 0.05) is 25.7 Å². The van der Waals surface area contributed by atoms with Crippen LogP contribution < -0.4 is 5.32 Å². The Balaban J connectivity index is 2.15. The molecule has 1 saturated carbocycles. The van der Waals surface area contributed by atoms with Crippen LogP contribution in [0.2, 0.25) is 0 Å². The van der Waals surface area contributed by atoms with Gasteiger partial charge in [0.2, 0.25) is 0 Å². The molecule has 1 aliphatic rings. The second kappa shape index (κ2) is 8.93. The summed E-state index contributed by atoms with van der Waals surface area (Å²) < 4.78 is 5.74. The molecule has 0 aliphatic heterocycles. The predicted molar refractivity (Wildman–Crippen MR) is 82.5 cm³/mol. The molecule has 1 rings (SSSR count). The third kappa shape index (κ3) is 7.91. The first-order valence-electron chi connectivity index (χ1n) is 7.99. The minimum absolute atomic E-state index is 0.600. The Morgan fingerprint density at radius 1 is 1.16 bits per heavy atom. The molecule has 0 heterocycles. The molecule has 3 nitrogen and oxygen atoms in total. The summed E-state index contributed by atoms with van der Waals surface area (Å²) in [6, 6.07) is 0.600. The second-order valence-electron chi connectivity index (χ2n) is 6.86. The van der Waals surface area contributed by atoms with Crippen molar-refractivity contribution >= 4 is 0 Å². The minimum Gasteiger partial charge on any atom is -0.380 e. The molecule has 1 unspecified atom stereocenters. The Bertz CT molecular complexity index is 227. The van der Waals surface area contributed by atoms with E-state index in [0.717, 1.165) is 44.7 Å². The quantitative estimate of drug-likeness (QED) is 0.584. The van der Waals surface area contributed by atoms with Crippen molar-refractivity contribution in [3.05, 3.63) is 0 Å². The Morgan fingerprint density at radius 2 is 1.84 bits per heavy atom. The van der Waals surface area contributed by atoms with Gasteiger partial charge in [0.1, 0.15) is 0 Å². The molecule has 114 valence electrons. The van der Waals surface area contributed by atoms with Crippen molar-refractivity contribution in [2.75, 3.05) is 39.9 Å². The van der Waals surface area contributed by atoms with E-state index in [2.05, 4.69) is 45.0 Å². The highest BCUT2D eigenvalue weighted by molar-refractivity contribution is 4.76. The summed E-state index contributed by atoms with van der Waals surface area (Å²) in [5.74, 6) is 2.27. The Labute approximate surface area is 120 Å². The number of nitrogens with one attached hydrogen (secondary N) is 1. The topological polar surface area (TPSA) is 24.5 Å². The number of hydrogen-bond acceptors (Lipinski definition) is 3. The van der Waals surface area contributed by atoms with Crippen LogP contribution in [0.5, 0.6) is 0 Å². The molecule has 0 radical (unpaired) electrons. The van der Waals surface area contributed by atoms with E-state index in [0.29, 0.717) is 12.0 Å². The normalized spacial score (nSPS) is 17.7. The van der Waals surface area contributed by atoms with E-state index in [1.807, 2.05) is 0 Å². The van der Waals surface area contributed by atoms with Crippen molar-refractivity contribution in [3.63, 3.8) is 0 Å². The SMILES string of the molecule is CC(C)CNCC(C(C)C)N(C)CCOCC1CC1. The van der Waals surface area contributed by atoms with Crippen LogP contribution in [0.1, 0.15) is 40.5 Å². The first-order valence-corrected chi connectivity index (χ1v) is 7.99. The molecule has 3 heteroatoms. The molecule has 19 heavy (non-hydrogen) atoms. The van der Waals surface area contributed by atoms with Crippen molar-refractivity contribution in [2.45, 2.75) is 46.6 Å². The van der Waals surface area contributed by atoms with E-state index in [4.69, 9.17) is 4.74 Å². The summed E-state index contributed by atoms with van der Waals surface area (Å²) in [6.07, 6.45) is 2.76. The number of hydrogen-bond donors (Lipinski definition) is 1. The van der Waals surface area contributed by atoms with Crippen LogP contribution in [0.3, 0.4) is 0 Å². The summed E-state index contributed by atoms with van der Waals surface area (Å²) in [4.78, 5) is 2.45. The zero-order chi connectivity index (χ0) is 14.3. The van der Waals surface area contributed by atoms with Crippen LogP contribution in [-0.2, 0) is 4.74 Å². The van der Waals surface area contributed by atoms with Gasteiger partial charge in [0.15, 0.2) is 0 Å². The molecule has 1 N–H and O–H groups in total. The lowest BCUT2D eigenvalue weighted by Gasteiger charge is -2.31. The van der Waals surface area contributed by atoms with Crippen molar-refractivity contribution in [1.82, 2.24) is 10.2 Å². The molecule has 1 aliphatic carbocycles. The summed E-state index contributed by atoms with van der Waals surface area (Å²) >= 11 is 0. The molecule has 1 atom stereocenters. The first kappa shape index (κ1) is 16.9. The zero-order valence-electron chi connectivity index (χ0n) is 13.6. The van der Waals surface area contributed by atoms with Gasteiger partial charge in [-0.25, -0.2) is 0 Å². The highest BCUT2D eigenvalue weighted by Crippen LogP contribution is 2.28. The zero-order valence-corrected chi connectivity index (χ0v) is 13.6. The Hall–Kier alpha value is -0.120. The highest BCUT2D eigenvalue weighted by atomic mass is 16.5. The third-order valence-corrected chi connectivity index (χ3v) is 3.88. The molecule has 0 saturated heterocycles. The van der Waals surface area contributed by atoms with Crippen molar-refractivity contribution < 1.29 is 4.74 Å². The number of rotatable bonds is 11. The van der Waals surface area contributed by atoms with Gasteiger partial charge >= 0.3 is 0 Å². The van der Waals surface area contributed by atoms with Gasteiger partial charge in [0.05, 0.1) is 6.61 Å². The van der Waals surface area contributed by atoms with Crippen LogP contribution >= 0.6 is 0 Å². The maximum atomic E-state index is 5.74. The average Bonchev–Trinajstić information content (AvgIpc) is 3.13. The Kier molecular flexibility index (Phi) is 7.96. The minimum atomic E-state index is 0.600. The largest absolute Gasteiger partial charge is 0.380 e. The first-order chi connectivity index (χ1) is 9.00. The summed E-state index contributed by atoms with van der Waals surface area (Å²) in [5, 5.41) is 3.58. The van der Waals surface area contributed by atoms with Crippen molar-refractivity contribution in [1.29, 1.82) is 0 Å². The van der Waals surface area contributed by atoms with Gasteiger partial charge in [-0.1, -0.05) is 27.7 Å². The number of likely N-dealkylation sites (N-methyl/N-ethyl adjacent to an activating group) is 1. The van der Waals surface area contributed by atoms with E-state index < -0.39 is 0 Å². The lowest BCUT2D eigenvalue weighted by atomic mass is 10.0. The van der Waals surface area contributed by atoms with E-state index in [1.54, 1.807) is 0 Å². The van der Waals surface area contributed by atoms with Crippen molar-refractivity contribution in [3.8, 4) is 0 Å². The van der Waals surface area contributed by atoms with Crippen LogP contribution in [0.15, 0.2) is 0 Å². The lowest BCUT2D eigenvalue weighted by molar-refractivity contribution is 0.0822. The summed E-state index contributed by atoms with van der Waals surface area (Å²) in [6.45, 7) is 14.2. The van der Waals surface area contributed by atoms with E-state index in [-0.39, 0.29) is 0 Å². The van der Waals surface area contributed by atoms with Crippen LogP contribution in [0, 0.1) is 17.8 Å². The molecule has 1 fully saturated rings. The summed E-state index contributed by atoms with van der Waals surface area (Å²) in [7, 11) is 2.22. The molecule has 0 spiro atoms. The van der Waals surface area contributed by atoms with Gasteiger partial charge in [-0.2, -0.15) is 0 Å². The van der Waals surface area contributed by atoms with Crippen LogP contribution in [-0.4, -0.2) is 50.8 Å². The maximum absolute atomic E-state index is 5.74. The smallest absolute Gasteiger partial charge is 0.0593 e. The number of nitrogens with zero attached hydrogens (tertiary/aromatic N) is 1. The highest BCUT2D eigenvalue weighted by Gasteiger charge is 2.22. The van der Waals surface area contributed by atoms with Crippen molar-refractivity contribution in [2.24, 2.45) is 17.8 Å². The monoisotopic (exact) mass is 270 g/mol. The maximum Gasteiger partial charge on any atom is 0.0593 e. The fourth-order valence-corrected chi connectivity index (χ4v) is 2.33. The molecular weight excluding hydrogens is 236 g/mol. The van der Waals surface area contributed by atoms with Crippen LogP contribution in [0.4, 0.5) is 0 Å². The fraction of sp³-hybridized carbons (Fsp3) is 1.00. The predicted octanol–water partition coefficient (Wildman–Crippen LogP) is 2.62. The second-order valence-corrected chi connectivity index (χ2v) is 6.86. The molecule has 0 amide bonds. The van der Waals surface area contributed by atoms with Gasteiger partial charge in [-0.15, -0.1) is 0 Å². The third-order valence-electron chi connectivity index (χ3n) is 3.88. The standard InChI is InChI=1S/C16H34N2O/c1-13(2)10-17-11-16(14(3)4)18(5)8-9-19-12-15-6-7-15/h13-17H,6-12H2,1-5H3. The van der Waals surface area contributed by atoms with Gasteiger partial charge in [-0.3, -0.25) is 4.90 Å². The summed E-state index contributed by atoms with van der Waals surface area (Å²) in [5.41, 5.74) is 0. The lowest BCUT2D eigenvalue weighted by Crippen LogP contribution is -2.45. The van der Waals surface area contributed by atoms with Gasteiger partial charge in [0.25, 0.3) is 0 Å². The molecule has 0 aromatic rings. The van der Waals surface area contributed by atoms with Gasteiger partial charge in [-0.05, 0) is 44.2 Å². The average molecular weight is 270 g/mol. The van der Waals surface area contributed by atoms with Gasteiger partial charge < -0.3 is 10.1 Å². The number of ether oxygens (including phenoxy) is 1. The fourth-order valence-electron chi connectivity index (χ4n) is 2.33. The molecule has 0 bridgehead atoms.